The number of nitrogens with one attached hydrogen (secondary N) is 3. The quantitative estimate of drug-likeness (QED) is 0.284. The molecule has 3 aliphatic heterocycles. The number of hydrogen-bond acceptors (Lipinski definition) is 8. The Balaban J connectivity index is 1.08. The summed E-state index contributed by atoms with van der Waals surface area (Å²) in [4.78, 5) is 52.3. The number of urea groups is 1. The van der Waals surface area contributed by atoms with Gasteiger partial charge in [-0.1, -0.05) is 6.07 Å². The summed E-state index contributed by atoms with van der Waals surface area (Å²) in [6.07, 6.45) is 3.89. The predicted molar refractivity (Wildman–Crippen MR) is 143 cm³/mol. The molecular formula is C26H29N6O6S+. The van der Waals surface area contributed by atoms with Crippen LogP contribution >= 0.6 is 11.8 Å². The van der Waals surface area contributed by atoms with E-state index in [4.69, 9.17) is 9.47 Å². The number of amides is 5. The molecule has 204 valence electrons. The highest BCUT2D eigenvalue weighted by molar-refractivity contribution is 8.04. The van der Waals surface area contributed by atoms with Gasteiger partial charge < -0.3 is 20.1 Å². The summed E-state index contributed by atoms with van der Waals surface area (Å²) in [5.74, 6) is 0.969. The highest BCUT2D eigenvalue weighted by Crippen LogP contribution is 2.32. The number of anilines is 1. The van der Waals surface area contributed by atoms with Crippen LogP contribution in [-0.2, 0) is 20.9 Å². The Labute approximate surface area is 228 Å². The molecule has 1 unspecified atom stereocenters. The summed E-state index contributed by atoms with van der Waals surface area (Å²) in [6, 6.07) is 6.72. The molecule has 0 bridgehead atoms. The molecule has 1 aromatic carbocycles. The van der Waals surface area contributed by atoms with Crippen LogP contribution < -0.4 is 20.1 Å². The molecule has 1 atom stereocenters. The second-order valence-electron chi connectivity index (χ2n) is 9.36. The van der Waals surface area contributed by atoms with E-state index in [-0.39, 0.29) is 31.7 Å². The molecule has 2 aromatic rings. The van der Waals surface area contributed by atoms with Crippen molar-refractivity contribution >= 4 is 47.0 Å². The van der Waals surface area contributed by atoms with Crippen LogP contribution in [0.4, 0.5) is 10.6 Å². The lowest BCUT2D eigenvalue weighted by Crippen LogP contribution is -2.56. The van der Waals surface area contributed by atoms with Crippen molar-refractivity contribution in [3.05, 3.63) is 47.0 Å². The van der Waals surface area contributed by atoms with Crippen LogP contribution in [0.2, 0.25) is 0 Å². The number of rotatable bonds is 11. The number of unbranched alkanes of at least 4 members (excludes halogenated alkanes) is 2. The number of allylic oxidation sites excluding steroid dienone is 1. The molecule has 0 spiro atoms. The van der Waals surface area contributed by atoms with Gasteiger partial charge in [0.05, 0.1) is 6.54 Å². The number of hydrogen-bond donors (Lipinski definition) is 3. The minimum Gasteiger partial charge on any atom is -0.454 e. The standard InChI is InChI=1S/C26H28N6O6S/c1-16-11-21(30-29-16)28-23(34)14-32-18-8-10-39-24(18)25(35)31(26(32)36)9-4-2-3-5-22(33)27-13-17-6-7-19-20(12-17)38-15-37-19/h6-8,10-12,24H,2-5,9,13-15H2,1H3,(H2-,27,28,29,30,33,34)/p+1. The van der Waals surface area contributed by atoms with Gasteiger partial charge in [-0.25, -0.2) is 4.79 Å². The molecule has 1 aromatic heterocycles. The third kappa shape index (κ3) is 6.14. The van der Waals surface area contributed by atoms with Gasteiger partial charge in [0.25, 0.3) is 5.91 Å². The van der Waals surface area contributed by atoms with Crippen LogP contribution in [0.1, 0.15) is 36.9 Å². The van der Waals surface area contributed by atoms with E-state index in [9.17, 15) is 19.2 Å². The number of ether oxygens (including phenoxy) is 2. The number of carbonyl (C=O) groups excluding carboxylic acids is 4. The number of imide groups is 1. The van der Waals surface area contributed by atoms with Crippen molar-refractivity contribution in [3.63, 3.8) is 0 Å². The maximum Gasteiger partial charge on any atom is 0.501 e. The van der Waals surface area contributed by atoms with E-state index in [0.717, 1.165) is 11.3 Å². The lowest BCUT2D eigenvalue weighted by atomic mass is 10.1. The van der Waals surface area contributed by atoms with Crippen LogP contribution in [0.25, 0.3) is 0 Å². The second-order valence-corrected chi connectivity index (χ2v) is 10.4. The first kappa shape index (κ1) is 26.5. The molecule has 0 aliphatic carbocycles. The van der Waals surface area contributed by atoms with Crippen molar-refractivity contribution in [2.75, 3.05) is 25.2 Å². The van der Waals surface area contributed by atoms with E-state index in [2.05, 4.69) is 20.8 Å². The van der Waals surface area contributed by atoms with Crippen molar-refractivity contribution in [3.8, 4) is 11.5 Å². The van der Waals surface area contributed by atoms with Gasteiger partial charge in [0.2, 0.25) is 12.7 Å². The number of aromatic amines is 1. The van der Waals surface area contributed by atoms with Gasteiger partial charge in [-0.15, -0.1) is 11.8 Å². The fourth-order valence-electron chi connectivity index (χ4n) is 4.50. The lowest BCUT2D eigenvalue weighted by Gasteiger charge is -2.24. The molecule has 13 heteroatoms. The van der Waals surface area contributed by atoms with E-state index in [0.29, 0.717) is 55.3 Å². The monoisotopic (exact) mass is 553 g/mol. The van der Waals surface area contributed by atoms with Crippen LogP contribution in [-0.4, -0.2) is 74.3 Å². The number of fused-ring (bicyclic) bond motifs is 2. The van der Waals surface area contributed by atoms with Gasteiger partial charge in [0.15, 0.2) is 29.1 Å². The first-order valence-corrected chi connectivity index (χ1v) is 13.6. The molecule has 4 heterocycles. The van der Waals surface area contributed by atoms with Crippen LogP contribution in [0.3, 0.4) is 0 Å². The van der Waals surface area contributed by atoms with Crippen LogP contribution in [0.5, 0.6) is 11.5 Å². The van der Waals surface area contributed by atoms with Gasteiger partial charge in [-0.2, -0.15) is 19.4 Å². The highest BCUT2D eigenvalue weighted by Gasteiger charge is 2.49. The Morgan fingerprint density at radius 1 is 1.15 bits per heavy atom. The maximum absolute atomic E-state index is 13.2. The van der Waals surface area contributed by atoms with Gasteiger partial charge in [-0.05, 0) is 55.4 Å². The third-order valence-electron chi connectivity index (χ3n) is 6.47. The van der Waals surface area contributed by atoms with Gasteiger partial charge in [0, 0.05) is 24.7 Å². The molecule has 5 rings (SSSR count). The zero-order valence-corrected chi connectivity index (χ0v) is 22.2. The Hall–Kier alpha value is -4.13. The number of H-pyrrole nitrogens is 1. The fraction of sp³-hybridized carbons (Fsp3) is 0.385. The van der Waals surface area contributed by atoms with E-state index >= 15 is 0 Å². The second kappa shape index (κ2) is 11.7. The predicted octanol–water partition coefficient (Wildman–Crippen LogP) is 2.31. The Kier molecular flexibility index (Phi) is 7.96. The summed E-state index contributed by atoms with van der Waals surface area (Å²) in [5.41, 5.74) is 2.23. The summed E-state index contributed by atoms with van der Waals surface area (Å²) in [6.45, 7) is 2.40. The molecular weight excluding hydrogens is 524 g/mol. The van der Waals surface area contributed by atoms with Gasteiger partial charge in [0.1, 0.15) is 5.71 Å². The minimum atomic E-state index is -0.551. The summed E-state index contributed by atoms with van der Waals surface area (Å²) < 4.78 is 12.0. The van der Waals surface area contributed by atoms with Gasteiger partial charge >= 0.3 is 11.9 Å². The molecule has 0 saturated heterocycles. The lowest BCUT2D eigenvalue weighted by molar-refractivity contribution is -0.425. The molecule has 3 N–H and O–H groups in total. The molecule has 0 fully saturated rings. The van der Waals surface area contributed by atoms with Crippen molar-refractivity contribution in [1.29, 1.82) is 0 Å². The van der Waals surface area contributed by atoms with E-state index < -0.39 is 17.2 Å². The summed E-state index contributed by atoms with van der Waals surface area (Å²) in [7, 11) is 0. The number of aromatic nitrogens is 2. The number of aryl methyl sites for hydroxylation is 1. The first-order chi connectivity index (χ1) is 18.9. The largest absolute Gasteiger partial charge is 0.501 e. The Morgan fingerprint density at radius 3 is 2.82 bits per heavy atom. The number of nitrogens with zero attached hydrogens (tertiary/aromatic N) is 3. The zero-order valence-electron chi connectivity index (χ0n) is 21.4. The Morgan fingerprint density at radius 2 is 2.00 bits per heavy atom. The van der Waals surface area contributed by atoms with E-state index in [1.54, 1.807) is 17.6 Å². The van der Waals surface area contributed by atoms with Gasteiger partial charge in [-0.3, -0.25) is 14.7 Å². The third-order valence-corrected chi connectivity index (χ3v) is 7.48. The van der Waals surface area contributed by atoms with Crippen molar-refractivity contribution in [2.24, 2.45) is 0 Å². The number of carbonyl (C=O) groups is 4. The fourth-order valence-corrected chi connectivity index (χ4v) is 5.46. The normalized spacial score (nSPS) is 17.6. The maximum atomic E-state index is 13.2. The molecule has 0 saturated carbocycles. The summed E-state index contributed by atoms with van der Waals surface area (Å²) >= 11 is 1.32. The van der Waals surface area contributed by atoms with Crippen molar-refractivity contribution in [1.82, 2.24) is 20.4 Å². The molecule has 0 radical (unpaired) electrons. The zero-order chi connectivity index (χ0) is 27.4. The minimum absolute atomic E-state index is 0.0743. The average molecular weight is 554 g/mol. The van der Waals surface area contributed by atoms with Crippen molar-refractivity contribution < 1.29 is 33.2 Å². The molecule has 5 amide bonds. The highest BCUT2D eigenvalue weighted by atomic mass is 32.2. The topological polar surface area (TPSA) is 146 Å². The smallest absolute Gasteiger partial charge is 0.454 e. The average Bonchev–Trinajstić information content (AvgIpc) is 3.68. The van der Waals surface area contributed by atoms with E-state index in [1.807, 2.05) is 25.1 Å². The van der Waals surface area contributed by atoms with Crippen LogP contribution in [0, 0.1) is 6.92 Å². The van der Waals surface area contributed by atoms with Crippen molar-refractivity contribution in [2.45, 2.75) is 44.4 Å². The SMILES string of the molecule is Cc1cc(NC(=O)C[N+]2=C3C=CSC3C(=O)N(CCCCCC(=O)NCc3ccc4c(c3)OCO4)C2=O)n[nH]1. The Bertz CT molecular complexity index is 1370. The van der Waals surface area contributed by atoms with Crippen LogP contribution in [0.15, 0.2) is 35.7 Å². The number of benzene rings is 1. The summed E-state index contributed by atoms with van der Waals surface area (Å²) in [5, 5.41) is 13.5. The molecule has 3 aliphatic rings. The van der Waals surface area contributed by atoms with E-state index in [1.165, 1.54) is 21.2 Å². The first-order valence-electron chi connectivity index (χ1n) is 12.7. The molecule has 39 heavy (non-hydrogen) atoms. The molecule has 12 nitrogen and oxygen atoms in total. The number of thioether (sulfide) groups is 1.